The summed E-state index contributed by atoms with van der Waals surface area (Å²) < 4.78 is 9.53. The van der Waals surface area contributed by atoms with E-state index in [1.54, 1.807) is 0 Å². The third kappa shape index (κ3) is 3.27. The number of rotatable bonds is 5. The van der Waals surface area contributed by atoms with Gasteiger partial charge in [0.25, 0.3) is 11.8 Å². The van der Waals surface area contributed by atoms with Crippen LogP contribution in [-0.4, -0.2) is 29.9 Å². The number of ketones is 1. The van der Waals surface area contributed by atoms with E-state index in [4.69, 9.17) is 4.74 Å². The molecule has 0 heterocycles. The molecule has 7 heteroatoms. The van der Waals surface area contributed by atoms with Gasteiger partial charge in [-0.1, -0.05) is 0 Å². The summed E-state index contributed by atoms with van der Waals surface area (Å²) in [5.74, 6) is -1.16. The van der Waals surface area contributed by atoms with E-state index < -0.39 is 22.8 Å². The van der Waals surface area contributed by atoms with Crippen LogP contribution in [0.5, 0.6) is 5.75 Å². The quantitative estimate of drug-likeness (QED) is 0.337. The summed E-state index contributed by atoms with van der Waals surface area (Å²) in [4.78, 5) is 32.3. The van der Waals surface area contributed by atoms with Crippen molar-refractivity contribution >= 4 is 17.4 Å². The van der Waals surface area contributed by atoms with Crippen LogP contribution in [0.25, 0.3) is 0 Å². The highest BCUT2D eigenvalue weighted by Gasteiger charge is 2.26. The van der Waals surface area contributed by atoms with Gasteiger partial charge in [0, 0.05) is 12.1 Å². The molecule has 0 bridgehead atoms. The highest BCUT2D eigenvalue weighted by Crippen LogP contribution is 2.18. The van der Waals surface area contributed by atoms with Gasteiger partial charge in [0.1, 0.15) is 5.75 Å². The Labute approximate surface area is 102 Å². The van der Waals surface area contributed by atoms with Gasteiger partial charge >= 0.3 is 5.97 Å². The lowest BCUT2D eigenvalue weighted by Crippen LogP contribution is -2.35. The summed E-state index contributed by atoms with van der Waals surface area (Å²) >= 11 is 0. The van der Waals surface area contributed by atoms with Crippen molar-refractivity contribution < 1.29 is 24.0 Å². The number of esters is 1. The van der Waals surface area contributed by atoms with E-state index in [0.717, 1.165) is 7.11 Å². The van der Waals surface area contributed by atoms with Crippen molar-refractivity contribution in [3.63, 3.8) is 0 Å². The van der Waals surface area contributed by atoms with Gasteiger partial charge in [-0.2, -0.15) is 0 Å². The average Bonchev–Trinajstić information content (AvgIpc) is 2.35. The molecule has 1 aromatic carbocycles. The largest absolute Gasteiger partial charge is 0.471 e. The second-order valence-electron chi connectivity index (χ2n) is 3.38. The Balaban J connectivity index is 2.85. The van der Waals surface area contributed by atoms with Crippen LogP contribution in [-0.2, 0) is 14.3 Å². The third-order valence-electron chi connectivity index (χ3n) is 2.09. The predicted molar refractivity (Wildman–Crippen MR) is 60.2 cm³/mol. The van der Waals surface area contributed by atoms with Gasteiger partial charge in [-0.05, 0) is 19.1 Å². The van der Waals surface area contributed by atoms with Crippen LogP contribution in [0.2, 0.25) is 0 Å². The number of nitro groups is 1. The molecule has 0 radical (unpaired) electrons. The molecule has 0 aliphatic carbocycles. The maximum Gasteiger partial charge on any atom is 0.354 e. The van der Waals surface area contributed by atoms with Crippen molar-refractivity contribution in [1.29, 1.82) is 0 Å². The Kier molecular flexibility index (Phi) is 4.36. The van der Waals surface area contributed by atoms with Crippen molar-refractivity contribution in [2.75, 3.05) is 7.11 Å². The standard InChI is InChI=1S/C11H11NO6/c1-7(13)10(11(14)17-2)18-9-5-3-8(4-6-9)12(15)16/h3-6,10H,1-2H3. The van der Waals surface area contributed by atoms with Gasteiger partial charge in [0.2, 0.25) is 0 Å². The number of hydrogen-bond acceptors (Lipinski definition) is 6. The average molecular weight is 253 g/mol. The first-order valence-corrected chi connectivity index (χ1v) is 4.95. The van der Waals surface area contributed by atoms with Crippen LogP contribution in [0.15, 0.2) is 24.3 Å². The zero-order chi connectivity index (χ0) is 13.7. The Morgan fingerprint density at radius 3 is 2.22 bits per heavy atom. The molecule has 1 rings (SSSR count). The normalized spacial score (nSPS) is 11.4. The number of nitrogens with zero attached hydrogens (tertiary/aromatic N) is 1. The topological polar surface area (TPSA) is 95.7 Å². The number of Topliss-reactive ketones (excluding diaryl/α,β-unsaturated/α-hetero) is 1. The molecule has 0 aromatic heterocycles. The van der Waals surface area contributed by atoms with E-state index in [1.165, 1.54) is 31.2 Å². The smallest absolute Gasteiger partial charge is 0.354 e. The molecule has 0 spiro atoms. The molecule has 0 saturated heterocycles. The van der Waals surface area contributed by atoms with E-state index >= 15 is 0 Å². The van der Waals surface area contributed by atoms with E-state index in [2.05, 4.69) is 4.74 Å². The van der Waals surface area contributed by atoms with Crippen molar-refractivity contribution in [3.8, 4) is 5.75 Å². The van der Waals surface area contributed by atoms with E-state index in [-0.39, 0.29) is 11.4 Å². The number of benzene rings is 1. The highest BCUT2D eigenvalue weighted by atomic mass is 16.6. The highest BCUT2D eigenvalue weighted by molar-refractivity contribution is 6.01. The van der Waals surface area contributed by atoms with E-state index in [1.807, 2.05) is 0 Å². The van der Waals surface area contributed by atoms with Gasteiger partial charge < -0.3 is 9.47 Å². The summed E-state index contributed by atoms with van der Waals surface area (Å²) in [6, 6.07) is 5.03. The molecule has 0 fully saturated rings. The Morgan fingerprint density at radius 2 is 1.83 bits per heavy atom. The van der Waals surface area contributed by atoms with Crippen molar-refractivity contribution in [2.45, 2.75) is 13.0 Å². The molecule has 1 aromatic rings. The minimum atomic E-state index is -1.36. The van der Waals surface area contributed by atoms with Crippen LogP contribution in [0.1, 0.15) is 6.92 Å². The van der Waals surface area contributed by atoms with Crippen molar-refractivity contribution in [1.82, 2.24) is 0 Å². The summed E-state index contributed by atoms with van der Waals surface area (Å²) in [6.45, 7) is 1.19. The SMILES string of the molecule is COC(=O)C(Oc1ccc([N+](=O)[O-])cc1)C(C)=O. The minimum absolute atomic E-state index is 0.111. The molecule has 1 unspecified atom stereocenters. The number of ether oxygens (including phenoxy) is 2. The third-order valence-corrected chi connectivity index (χ3v) is 2.09. The van der Waals surface area contributed by atoms with Crippen LogP contribution >= 0.6 is 0 Å². The fourth-order valence-corrected chi connectivity index (χ4v) is 1.19. The lowest BCUT2D eigenvalue weighted by molar-refractivity contribution is -0.384. The zero-order valence-electron chi connectivity index (χ0n) is 9.78. The summed E-state index contributed by atoms with van der Waals surface area (Å²) in [5, 5.41) is 10.4. The number of carbonyl (C=O) groups excluding carboxylic acids is 2. The van der Waals surface area contributed by atoms with Crippen LogP contribution in [0, 0.1) is 10.1 Å². The lowest BCUT2D eigenvalue weighted by Gasteiger charge is -2.13. The lowest BCUT2D eigenvalue weighted by atomic mass is 10.2. The maximum absolute atomic E-state index is 11.3. The zero-order valence-corrected chi connectivity index (χ0v) is 9.78. The number of hydrogen-bond donors (Lipinski definition) is 0. The van der Waals surface area contributed by atoms with Crippen LogP contribution < -0.4 is 4.74 Å². The monoisotopic (exact) mass is 253 g/mol. The van der Waals surface area contributed by atoms with Crippen LogP contribution in [0.3, 0.4) is 0 Å². The van der Waals surface area contributed by atoms with E-state index in [9.17, 15) is 19.7 Å². The molecule has 0 aliphatic rings. The first kappa shape index (κ1) is 13.6. The van der Waals surface area contributed by atoms with Gasteiger partial charge in [-0.3, -0.25) is 14.9 Å². The molecular weight excluding hydrogens is 242 g/mol. The number of carbonyl (C=O) groups is 2. The first-order valence-electron chi connectivity index (χ1n) is 4.95. The Hall–Kier alpha value is -2.44. The Bertz CT molecular complexity index is 467. The fourth-order valence-electron chi connectivity index (χ4n) is 1.19. The molecule has 18 heavy (non-hydrogen) atoms. The summed E-state index contributed by atoms with van der Waals surface area (Å²) in [5.41, 5.74) is -0.111. The first-order chi connectivity index (χ1) is 8.45. The van der Waals surface area contributed by atoms with Gasteiger partial charge in [-0.25, -0.2) is 4.79 Å². The van der Waals surface area contributed by atoms with Crippen LogP contribution in [0.4, 0.5) is 5.69 Å². The molecule has 0 amide bonds. The fraction of sp³-hybridized carbons (Fsp3) is 0.273. The maximum atomic E-state index is 11.3. The number of nitro benzene ring substituents is 1. The summed E-state index contributed by atoms with van der Waals surface area (Å²) in [6.07, 6.45) is -1.36. The second-order valence-corrected chi connectivity index (χ2v) is 3.38. The molecule has 0 aliphatic heterocycles. The van der Waals surface area contributed by atoms with Gasteiger partial charge in [0.05, 0.1) is 12.0 Å². The minimum Gasteiger partial charge on any atom is -0.471 e. The van der Waals surface area contributed by atoms with Gasteiger partial charge in [-0.15, -0.1) is 0 Å². The molecule has 1 atom stereocenters. The molecule has 7 nitrogen and oxygen atoms in total. The molecule has 96 valence electrons. The Morgan fingerprint density at radius 1 is 1.28 bits per heavy atom. The summed E-state index contributed by atoms with van der Waals surface area (Å²) in [7, 11) is 1.14. The number of methoxy groups -OCH3 is 1. The second kappa shape index (κ2) is 5.76. The predicted octanol–water partition coefficient (Wildman–Crippen LogP) is 1.10. The van der Waals surface area contributed by atoms with E-state index in [0.29, 0.717) is 0 Å². The van der Waals surface area contributed by atoms with Crippen molar-refractivity contribution in [3.05, 3.63) is 34.4 Å². The van der Waals surface area contributed by atoms with Crippen molar-refractivity contribution in [2.24, 2.45) is 0 Å². The van der Waals surface area contributed by atoms with Gasteiger partial charge in [0.15, 0.2) is 5.78 Å². The molecular formula is C11H11NO6. The molecule has 0 N–H and O–H groups in total. The molecule has 0 saturated carbocycles. The number of non-ortho nitro benzene ring substituents is 1.